The number of aliphatic hydroxyl groups excluding tert-OH is 2. The first kappa shape index (κ1) is 58.1. The summed E-state index contributed by atoms with van der Waals surface area (Å²) in [6.45, 7) is 7.60. The van der Waals surface area contributed by atoms with Gasteiger partial charge < -0.3 is 69.2 Å². The fourth-order valence-electron chi connectivity index (χ4n) is 7.38. The van der Waals surface area contributed by atoms with Crippen molar-refractivity contribution in [2.75, 3.05) is 6.54 Å². The van der Waals surface area contributed by atoms with E-state index in [-0.39, 0.29) is 24.6 Å². The molecule has 1 aliphatic heterocycles. The standard InChI is InChI=1S/C46H76N10O12/c1-26(2)37-42(64)53-34(24-30-17-19-31(58)20-18-30)41(63)56-38(28(4)57)43(65)52-33(21-22-35(47)60)40(62)51-27(3)45(67)68-29(5)39(44(66)55-37)54-36(61)25-32(59)16-14-12-10-8-6-7-9-11-13-15-23-50-46(48)49/h17-20,26-29,32-34,37-39,57-59H,6-16,21-25H2,1-5H3,(H2,47,60)(H,51,62)(H,52,65)(H,53,64)(H,54,61)(H,55,66)(H,56,63)(H4,48,49,50)/t27-,28-,29-,32+,33-,34+,37+,38-,39+/m1/s1. The number of hydrogen-bond donors (Lipinski definition) is 12. The molecule has 1 fully saturated rings. The number of hydrogen-bond acceptors (Lipinski definition) is 13. The van der Waals surface area contributed by atoms with Gasteiger partial charge in [0.25, 0.3) is 0 Å². The predicted molar refractivity (Wildman–Crippen MR) is 252 cm³/mol. The maximum absolute atomic E-state index is 14.1. The summed E-state index contributed by atoms with van der Waals surface area (Å²) in [4.78, 5) is 112. The van der Waals surface area contributed by atoms with Crippen LogP contribution in [0.1, 0.15) is 130 Å². The number of ether oxygens (including phenoxy) is 1. The second kappa shape index (κ2) is 30.4. The Kier molecular flexibility index (Phi) is 25.9. The first-order valence-electron chi connectivity index (χ1n) is 23.6. The molecule has 22 nitrogen and oxygen atoms in total. The molecule has 1 saturated heterocycles. The van der Waals surface area contributed by atoms with Crippen LogP contribution in [0.4, 0.5) is 0 Å². The third-order valence-electron chi connectivity index (χ3n) is 11.4. The summed E-state index contributed by atoms with van der Waals surface area (Å²) in [7, 11) is 0. The lowest BCUT2D eigenvalue weighted by molar-refractivity contribution is -0.155. The summed E-state index contributed by atoms with van der Waals surface area (Å²) < 4.78 is 5.58. The smallest absolute Gasteiger partial charge is 0.328 e. The van der Waals surface area contributed by atoms with Crippen molar-refractivity contribution in [2.24, 2.45) is 28.1 Å². The van der Waals surface area contributed by atoms with Crippen LogP contribution in [0.2, 0.25) is 0 Å². The Morgan fingerprint density at radius 2 is 1.24 bits per heavy atom. The van der Waals surface area contributed by atoms with Gasteiger partial charge in [0.2, 0.25) is 41.4 Å². The highest BCUT2D eigenvalue weighted by Gasteiger charge is 2.38. The zero-order valence-electron chi connectivity index (χ0n) is 40.1. The number of cyclic esters (lactones) is 1. The molecule has 0 aliphatic carbocycles. The van der Waals surface area contributed by atoms with Gasteiger partial charge in [-0.2, -0.15) is 0 Å². The normalized spacial score (nSPS) is 23.2. The van der Waals surface area contributed by atoms with Crippen molar-refractivity contribution in [3.63, 3.8) is 0 Å². The quantitative estimate of drug-likeness (QED) is 0.0283. The van der Waals surface area contributed by atoms with Gasteiger partial charge in [-0.05, 0) is 63.6 Å². The van der Waals surface area contributed by atoms with Gasteiger partial charge in [0.05, 0.1) is 18.6 Å². The number of benzene rings is 1. The highest BCUT2D eigenvalue weighted by molar-refractivity contribution is 5.97. The number of carbonyl (C=O) groups excluding carboxylic acids is 8. The van der Waals surface area contributed by atoms with E-state index >= 15 is 0 Å². The van der Waals surface area contributed by atoms with Crippen LogP contribution in [0.25, 0.3) is 0 Å². The number of rotatable bonds is 23. The third kappa shape index (κ3) is 22.2. The fraction of sp³-hybridized carbons (Fsp3) is 0.674. The summed E-state index contributed by atoms with van der Waals surface area (Å²) in [5, 5.41) is 46.2. The molecule has 382 valence electrons. The number of aromatic hydroxyl groups is 1. The number of phenolic OH excluding ortho intramolecular Hbond substituents is 1. The second-order valence-electron chi connectivity index (χ2n) is 17.9. The van der Waals surface area contributed by atoms with Gasteiger partial charge in [-0.15, -0.1) is 0 Å². The molecule has 1 heterocycles. The molecule has 7 amide bonds. The number of esters is 1. The Hall–Kier alpha value is -6.03. The van der Waals surface area contributed by atoms with Gasteiger partial charge in [-0.3, -0.25) is 38.6 Å². The van der Waals surface area contributed by atoms with Crippen LogP contribution in [0.3, 0.4) is 0 Å². The van der Waals surface area contributed by atoms with Crippen molar-refractivity contribution in [1.29, 1.82) is 0 Å². The largest absolute Gasteiger partial charge is 0.508 e. The topological polar surface area (TPSA) is 369 Å². The molecule has 0 aromatic heterocycles. The van der Waals surface area contributed by atoms with Crippen molar-refractivity contribution >= 4 is 53.3 Å². The van der Waals surface area contributed by atoms with Gasteiger partial charge in [0.15, 0.2) is 5.96 Å². The van der Waals surface area contributed by atoms with Crippen molar-refractivity contribution in [3.05, 3.63) is 29.8 Å². The summed E-state index contributed by atoms with van der Waals surface area (Å²) in [6, 6.07) is -3.45. The van der Waals surface area contributed by atoms with Crippen molar-refractivity contribution in [2.45, 2.75) is 185 Å². The molecular weight excluding hydrogens is 885 g/mol. The van der Waals surface area contributed by atoms with Crippen LogP contribution in [-0.4, -0.2) is 130 Å². The van der Waals surface area contributed by atoms with Crippen LogP contribution in [0, 0.1) is 5.92 Å². The van der Waals surface area contributed by atoms with Crippen LogP contribution in [-0.2, 0) is 49.5 Å². The van der Waals surface area contributed by atoms with E-state index in [2.05, 4.69) is 36.9 Å². The van der Waals surface area contributed by atoms with Gasteiger partial charge >= 0.3 is 5.97 Å². The van der Waals surface area contributed by atoms with E-state index < -0.39 is 121 Å². The minimum Gasteiger partial charge on any atom is -0.508 e. The van der Waals surface area contributed by atoms with Crippen LogP contribution in [0.15, 0.2) is 29.3 Å². The molecule has 2 rings (SSSR count). The number of carbonyl (C=O) groups is 8. The van der Waals surface area contributed by atoms with Gasteiger partial charge in [0.1, 0.15) is 48.1 Å². The molecule has 0 bridgehead atoms. The Morgan fingerprint density at radius 3 is 1.79 bits per heavy atom. The van der Waals surface area contributed by atoms with E-state index in [1.807, 2.05) is 0 Å². The summed E-state index contributed by atoms with van der Waals surface area (Å²) in [6.07, 6.45) is 4.87. The highest BCUT2D eigenvalue weighted by atomic mass is 16.5. The number of phenols is 1. The number of aliphatic hydroxyl groups is 2. The van der Waals surface area contributed by atoms with E-state index in [1.165, 1.54) is 45.0 Å². The summed E-state index contributed by atoms with van der Waals surface area (Å²) >= 11 is 0. The SMILES string of the molecule is CC(C)[C@@H]1NC(=O)[C@@H](NC(=O)C[C@@H](O)CCCCCCCCCCCCN=C(N)N)[C@@H](C)OC(=O)[C@@H](C)NC(=O)[C@@H](CCC(N)=O)NC(=O)[C@@H]([C@@H](C)O)NC(=O)[C@H](Cc2ccc(O)cc2)NC1=O. The van der Waals surface area contributed by atoms with E-state index in [1.54, 1.807) is 13.8 Å². The molecule has 22 heteroatoms. The lowest BCUT2D eigenvalue weighted by Gasteiger charge is -2.30. The maximum Gasteiger partial charge on any atom is 0.328 e. The van der Waals surface area contributed by atoms with Gasteiger partial charge in [-0.25, -0.2) is 4.79 Å². The van der Waals surface area contributed by atoms with Crippen molar-refractivity contribution < 1.29 is 58.4 Å². The molecule has 15 N–H and O–H groups in total. The molecule has 1 aromatic rings. The lowest BCUT2D eigenvalue weighted by Crippen LogP contribution is -2.62. The molecular formula is C46H76N10O12. The van der Waals surface area contributed by atoms with Gasteiger partial charge in [0, 0.05) is 19.4 Å². The number of primary amides is 1. The molecule has 0 saturated carbocycles. The number of guanidine groups is 1. The number of amides is 7. The highest BCUT2D eigenvalue weighted by Crippen LogP contribution is 2.16. The Morgan fingerprint density at radius 1 is 0.706 bits per heavy atom. The summed E-state index contributed by atoms with van der Waals surface area (Å²) in [5.74, 6) is -8.06. The number of nitrogens with one attached hydrogen (secondary N) is 6. The van der Waals surface area contributed by atoms with Crippen molar-refractivity contribution in [1.82, 2.24) is 31.9 Å². The number of nitrogens with two attached hydrogens (primary N) is 3. The molecule has 1 aliphatic rings. The van der Waals surface area contributed by atoms with E-state index in [0.29, 0.717) is 24.9 Å². The molecule has 0 spiro atoms. The van der Waals surface area contributed by atoms with Crippen LogP contribution < -0.4 is 49.1 Å². The Labute approximate surface area is 398 Å². The fourth-order valence-corrected chi connectivity index (χ4v) is 7.38. The van der Waals surface area contributed by atoms with Crippen LogP contribution in [0.5, 0.6) is 5.75 Å². The third-order valence-corrected chi connectivity index (χ3v) is 11.4. The maximum atomic E-state index is 14.1. The number of aliphatic imine (C=N–C) groups is 1. The second-order valence-corrected chi connectivity index (χ2v) is 17.9. The molecule has 1 aromatic carbocycles. The van der Waals surface area contributed by atoms with E-state index in [0.717, 1.165) is 57.8 Å². The van der Waals surface area contributed by atoms with Crippen LogP contribution >= 0.6 is 0 Å². The first-order valence-corrected chi connectivity index (χ1v) is 23.6. The lowest BCUT2D eigenvalue weighted by atomic mass is 9.99. The number of unbranched alkanes of at least 4 members (excludes halogenated alkanes) is 9. The van der Waals surface area contributed by atoms with E-state index in [9.17, 15) is 53.7 Å². The minimum atomic E-state index is -1.72. The van der Waals surface area contributed by atoms with Crippen molar-refractivity contribution in [3.8, 4) is 5.75 Å². The predicted octanol–water partition coefficient (Wildman–Crippen LogP) is -0.574. The molecule has 0 radical (unpaired) electrons. The summed E-state index contributed by atoms with van der Waals surface area (Å²) in [5.41, 5.74) is 16.5. The average Bonchev–Trinajstić information content (AvgIpc) is 3.26. The Balaban J connectivity index is 2.33. The Bertz CT molecular complexity index is 1840. The number of nitrogens with zero attached hydrogens (tertiary/aromatic N) is 1. The first-order chi connectivity index (χ1) is 32.1. The van der Waals surface area contributed by atoms with Gasteiger partial charge in [-0.1, -0.05) is 83.8 Å². The average molecular weight is 961 g/mol. The molecule has 9 atom stereocenters. The zero-order chi connectivity index (χ0) is 50.9. The molecule has 0 unspecified atom stereocenters. The zero-order valence-corrected chi connectivity index (χ0v) is 40.1. The monoisotopic (exact) mass is 961 g/mol. The minimum absolute atomic E-state index is 0.0747. The molecule has 68 heavy (non-hydrogen) atoms. The van der Waals surface area contributed by atoms with E-state index in [4.69, 9.17) is 21.9 Å².